The van der Waals surface area contributed by atoms with Crippen LogP contribution in [0.5, 0.6) is 0 Å². The van der Waals surface area contributed by atoms with E-state index >= 15 is 0 Å². The Balaban J connectivity index is 3.39. The third kappa shape index (κ3) is 1.93. The lowest BCUT2D eigenvalue weighted by atomic mass is 10.1. The molecule has 1 aromatic rings. The van der Waals surface area contributed by atoms with E-state index in [1.165, 1.54) is 0 Å². The summed E-state index contributed by atoms with van der Waals surface area (Å²) >= 11 is 5.60. The molecule has 1 aromatic carbocycles. The maximum Gasteiger partial charge on any atom is 0.416 e. The molecular weight excluding hydrogens is 217 g/mol. The Hall–Kier alpha value is -0.940. The summed E-state index contributed by atoms with van der Waals surface area (Å²) in [6.07, 6.45) is -4.45. The minimum absolute atomic E-state index is 0.0973. The molecule has 14 heavy (non-hydrogen) atoms. The molecule has 2 nitrogen and oxygen atoms in total. The van der Waals surface area contributed by atoms with Crippen LogP contribution in [0.1, 0.15) is 11.1 Å². The zero-order valence-corrected chi connectivity index (χ0v) is 7.78. The molecule has 0 aliphatic heterocycles. The Kier molecular flexibility index (Phi) is 2.92. The van der Waals surface area contributed by atoms with Gasteiger partial charge in [0.1, 0.15) is 0 Å². The summed E-state index contributed by atoms with van der Waals surface area (Å²) in [6.45, 7) is -0.293. The van der Waals surface area contributed by atoms with Gasteiger partial charge in [-0.2, -0.15) is 13.2 Å². The van der Waals surface area contributed by atoms with Gasteiger partial charge in [-0.1, -0.05) is 11.6 Å². The average Bonchev–Trinajstić information content (AvgIpc) is 2.07. The van der Waals surface area contributed by atoms with Gasteiger partial charge in [0.05, 0.1) is 16.3 Å². The van der Waals surface area contributed by atoms with Gasteiger partial charge in [-0.15, -0.1) is 0 Å². The zero-order valence-electron chi connectivity index (χ0n) is 7.03. The Bertz CT molecular complexity index is 349. The molecule has 0 radical (unpaired) electrons. The molecule has 0 spiro atoms. The first-order chi connectivity index (χ1) is 6.38. The summed E-state index contributed by atoms with van der Waals surface area (Å²) in [5.41, 5.74) is 9.63. The number of nitrogen functional groups attached to an aromatic ring is 1. The summed E-state index contributed by atoms with van der Waals surface area (Å²) in [5.74, 6) is 0. The first-order valence-corrected chi connectivity index (χ1v) is 4.10. The number of hydrogen-bond acceptors (Lipinski definition) is 2. The van der Waals surface area contributed by atoms with Crippen molar-refractivity contribution in [2.24, 2.45) is 5.73 Å². The molecule has 0 fully saturated rings. The maximum absolute atomic E-state index is 12.4. The Morgan fingerprint density at radius 1 is 1.29 bits per heavy atom. The highest BCUT2D eigenvalue weighted by molar-refractivity contribution is 6.34. The fourth-order valence-electron chi connectivity index (χ4n) is 1.10. The summed E-state index contributed by atoms with van der Waals surface area (Å²) in [4.78, 5) is 0. The van der Waals surface area contributed by atoms with Crippen molar-refractivity contribution in [2.75, 3.05) is 5.73 Å². The van der Waals surface area contributed by atoms with Crippen LogP contribution >= 0.6 is 11.6 Å². The van der Waals surface area contributed by atoms with Crippen molar-refractivity contribution in [1.82, 2.24) is 0 Å². The standard InChI is InChI=1S/C8H8ClF3N2/c9-7-4(3-13)5(8(10,11)12)1-2-6(7)14/h1-2H,3,13-14H2. The largest absolute Gasteiger partial charge is 0.416 e. The van der Waals surface area contributed by atoms with Crippen LogP contribution < -0.4 is 11.5 Å². The predicted octanol–water partition coefficient (Wildman–Crippen LogP) is 2.40. The van der Waals surface area contributed by atoms with Gasteiger partial charge in [0, 0.05) is 6.54 Å². The number of rotatable bonds is 1. The number of nitrogens with two attached hydrogens (primary N) is 2. The van der Waals surface area contributed by atoms with Crippen LogP contribution in [0.25, 0.3) is 0 Å². The van der Waals surface area contributed by atoms with Crippen molar-refractivity contribution in [3.63, 3.8) is 0 Å². The van der Waals surface area contributed by atoms with E-state index in [2.05, 4.69) is 0 Å². The average molecular weight is 225 g/mol. The molecule has 6 heteroatoms. The van der Waals surface area contributed by atoms with Crippen LogP contribution in [0.2, 0.25) is 5.02 Å². The van der Waals surface area contributed by atoms with Crippen LogP contribution in [0.3, 0.4) is 0 Å². The summed E-state index contributed by atoms with van der Waals surface area (Å²) in [7, 11) is 0. The number of benzene rings is 1. The van der Waals surface area contributed by atoms with Crippen LogP contribution in [0.4, 0.5) is 18.9 Å². The van der Waals surface area contributed by atoms with Crippen molar-refractivity contribution in [2.45, 2.75) is 12.7 Å². The number of anilines is 1. The maximum atomic E-state index is 12.4. The van der Waals surface area contributed by atoms with Gasteiger partial charge in [0.2, 0.25) is 0 Å². The molecule has 78 valence electrons. The fourth-order valence-corrected chi connectivity index (χ4v) is 1.35. The lowest BCUT2D eigenvalue weighted by Gasteiger charge is -2.13. The van der Waals surface area contributed by atoms with Crippen LogP contribution in [-0.4, -0.2) is 0 Å². The number of halogens is 4. The first kappa shape index (κ1) is 11.1. The Morgan fingerprint density at radius 3 is 2.29 bits per heavy atom. The molecule has 0 aliphatic rings. The second-order valence-corrected chi connectivity index (χ2v) is 3.07. The summed E-state index contributed by atoms with van der Waals surface area (Å²) in [5, 5.41) is -0.123. The van der Waals surface area contributed by atoms with Gasteiger partial charge < -0.3 is 11.5 Å². The number of hydrogen-bond donors (Lipinski definition) is 2. The van der Waals surface area contributed by atoms with Crippen molar-refractivity contribution >= 4 is 17.3 Å². The van der Waals surface area contributed by atoms with Crippen LogP contribution in [0, 0.1) is 0 Å². The molecule has 1 rings (SSSR count). The van der Waals surface area contributed by atoms with Crippen molar-refractivity contribution in [3.05, 3.63) is 28.3 Å². The van der Waals surface area contributed by atoms with Crippen LogP contribution in [0.15, 0.2) is 12.1 Å². The molecule has 0 aliphatic carbocycles. The van der Waals surface area contributed by atoms with Crippen molar-refractivity contribution in [3.8, 4) is 0 Å². The molecule has 0 saturated carbocycles. The third-order valence-corrected chi connectivity index (χ3v) is 2.23. The van der Waals surface area contributed by atoms with Gasteiger partial charge in [0.15, 0.2) is 0 Å². The fraction of sp³-hybridized carbons (Fsp3) is 0.250. The van der Waals surface area contributed by atoms with E-state index < -0.39 is 11.7 Å². The molecule has 0 saturated heterocycles. The molecule has 0 atom stereocenters. The highest BCUT2D eigenvalue weighted by atomic mass is 35.5. The highest BCUT2D eigenvalue weighted by Crippen LogP contribution is 2.36. The topological polar surface area (TPSA) is 52.0 Å². The molecule has 0 unspecified atom stereocenters. The van der Waals surface area contributed by atoms with E-state index in [1.54, 1.807) is 0 Å². The smallest absolute Gasteiger partial charge is 0.398 e. The second kappa shape index (κ2) is 3.67. The zero-order chi connectivity index (χ0) is 10.9. The normalized spacial score (nSPS) is 11.8. The Labute approximate surface area is 83.6 Å². The molecular formula is C8H8ClF3N2. The number of alkyl halides is 3. The van der Waals surface area contributed by atoms with Crippen LogP contribution in [-0.2, 0) is 12.7 Å². The Morgan fingerprint density at radius 2 is 1.86 bits per heavy atom. The van der Waals surface area contributed by atoms with Gasteiger partial charge in [0.25, 0.3) is 0 Å². The third-order valence-electron chi connectivity index (χ3n) is 1.78. The first-order valence-electron chi connectivity index (χ1n) is 3.72. The van der Waals surface area contributed by atoms with E-state index in [0.29, 0.717) is 0 Å². The lowest BCUT2D eigenvalue weighted by Crippen LogP contribution is -2.13. The molecule has 4 N–H and O–H groups in total. The minimum Gasteiger partial charge on any atom is -0.398 e. The van der Waals surface area contributed by atoms with E-state index in [1.807, 2.05) is 0 Å². The predicted molar refractivity (Wildman–Crippen MR) is 48.8 cm³/mol. The molecule has 0 aromatic heterocycles. The van der Waals surface area contributed by atoms with E-state index in [4.69, 9.17) is 23.1 Å². The second-order valence-electron chi connectivity index (χ2n) is 2.70. The monoisotopic (exact) mass is 224 g/mol. The van der Waals surface area contributed by atoms with Gasteiger partial charge in [-0.05, 0) is 17.7 Å². The van der Waals surface area contributed by atoms with Gasteiger partial charge in [-0.25, -0.2) is 0 Å². The van der Waals surface area contributed by atoms with E-state index in [-0.39, 0.29) is 22.8 Å². The summed E-state index contributed by atoms with van der Waals surface area (Å²) < 4.78 is 37.2. The molecule has 0 heterocycles. The molecule has 0 amide bonds. The van der Waals surface area contributed by atoms with E-state index in [9.17, 15) is 13.2 Å². The highest BCUT2D eigenvalue weighted by Gasteiger charge is 2.34. The summed E-state index contributed by atoms with van der Waals surface area (Å²) in [6, 6.07) is 1.99. The van der Waals surface area contributed by atoms with E-state index in [0.717, 1.165) is 12.1 Å². The minimum atomic E-state index is -4.45. The van der Waals surface area contributed by atoms with Crippen molar-refractivity contribution in [1.29, 1.82) is 0 Å². The van der Waals surface area contributed by atoms with Gasteiger partial charge >= 0.3 is 6.18 Å². The lowest BCUT2D eigenvalue weighted by molar-refractivity contribution is -0.138. The van der Waals surface area contributed by atoms with Gasteiger partial charge in [-0.3, -0.25) is 0 Å². The van der Waals surface area contributed by atoms with Crippen molar-refractivity contribution < 1.29 is 13.2 Å². The SMILES string of the molecule is NCc1c(C(F)(F)F)ccc(N)c1Cl. The molecule has 0 bridgehead atoms. The quantitative estimate of drug-likeness (QED) is 0.720.